The SMILES string of the molecule is CC(C)(C)CCS(=O)(=O)c1cc(C(=O)O)ccc1F. The number of carboxylic acid groups (broad SMARTS) is 1. The molecule has 0 aliphatic carbocycles. The Balaban J connectivity index is 3.14. The summed E-state index contributed by atoms with van der Waals surface area (Å²) in [5.41, 5.74) is -0.441. The van der Waals surface area contributed by atoms with E-state index in [4.69, 9.17) is 5.11 Å². The predicted octanol–water partition coefficient (Wildman–Crippen LogP) is 2.73. The lowest BCUT2D eigenvalue weighted by atomic mass is 9.94. The molecule has 0 bridgehead atoms. The molecule has 0 heterocycles. The number of hydrogen-bond acceptors (Lipinski definition) is 3. The quantitative estimate of drug-likeness (QED) is 0.924. The summed E-state index contributed by atoms with van der Waals surface area (Å²) in [5.74, 6) is -2.41. The highest BCUT2D eigenvalue weighted by Gasteiger charge is 2.23. The molecule has 0 radical (unpaired) electrons. The van der Waals surface area contributed by atoms with Crippen molar-refractivity contribution in [3.8, 4) is 0 Å². The Bertz CT molecular complexity index is 585. The van der Waals surface area contributed by atoms with Crippen LogP contribution in [-0.2, 0) is 9.84 Å². The van der Waals surface area contributed by atoms with Crippen molar-refractivity contribution in [3.63, 3.8) is 0 Å². The molecule has 0 fully saturated rings. The maximum Gasteiger partial charge on any atom is 0.335 e. The van der Waals surface area contributed by atoms with Gasteiger partial charge in [0.15, 0.2) is 9.84 Å². The Labute approximate surface area is 112 Å². The number of aromatic carboxylic acids is 1. The molecule has 0 spiro atoms. The fourth-order valence-electron chi connectivity index (χ4n) is 1.43. The van der Waals surface area contributed by atoms with Gasteiger partial charge in [0, 0.05) is 0 Å². The first kappa shape index (κ1) is 15.6. The van der Waals surface area contributed by atoms with Crippen molar-refractivity contribution in [2.75, 3.05) is 5.75 Å². The van der Waals surface area contributed by atoms with Crippen molar-refractivity contribution in [1.29, 1.82) is 0 Å². The van der Waals surface area contributed by atoms with Crippen molar-refractivity contribution in [1.82, 2.24) is 0 Å². The monoisotopic (exact) mass is 288 g/mol. The van der Waals surface area contributed by atoms with E-state index in [2.05, 4.69) is 0 Å². The molecule has 4 nitrogen and oxygen atoms in total. The maximum absolute atomic E-state index is 13.6. The van der Waals surface area contributed by atoms with Crippen molar-refractivity contribution in [2.45, 2.75) is 32.1 Å². The van der Waals surface area contributed by atoms with Gasteiger partial charge in [-0.1, -0.05) is 20.8 Å². The van der Waals surface area contributed by atoms with E-state index >= 15 is 0 Å². The molecule has 0 unspecified atom stereocenters. The molecule has 1 aromatic rings. The molecule has 1 N–H and O–H groups in total. The van der Waals surface area contributed by atoms with Gasteiger partial charge >= 0.3 is 5.97 Å². The van der Waals surface area contributed by atoms with E-state index in [-0.39, 0.29) is 16.7 Å². The van der Waals surface area contributed by atoms with Crippen LogP contribution in [-0.4, -0.2) is 25.2 Å². The van der Waals surface area contributed by atoms with Crippen molar-refractivity contribution in [3.05, 3.63) is 29.6 Å². The molecule has 0 aliphatic rings. The zero-order chi connectivity index (χ0) is 14.8. The number of halogens is 1. The van der Waals surface area contributed by atoms with Crippen LogP contribution in [0, 0.1) is 11.2 Å². The van der Waals surface area contributed by atoms with Crippen molar-refractivity contribution in [2.24, 2.45) is 5.41 Å². The topological polar surface area (TPSA) is 71.4 Å². The lowest BCUT2D eigenvalue weighted by Crippen LogP contribution is -2.16. The average Bonchev–Trinajstić information content (AvgIpc) is 2.25. The Morgan fingerprint density at radius 2 is 1.89 bits per heavy atom. The molecule has 0 aliphatic heterocycles. The summed E-state index contributed by atoms with van der Waals surface area (Å²) in [6.07, 6.45) is 0.367. The van der Waals surface area contributed by atoms with E-state index in [0.717, 1.165) is 18.2 Å². The molecule has 0 aromatic heterocycles. The van der Waals surface area contributed by atoms with Crippen LogP contribution in [0.1, 0.15) is 37.6 Å². The van der Waals surface area contributed by atoms with E-state index in [1.165, 1.54) is 0 Å². The standard InChI is InChI=1S/C13H17FO4S/c1-13(2,3)6-7-19(17,18)11-8-9(12(15)16)4-5-10(11)14/h4-5,8H,6-7H2,1-3H3,(H,15,16). The first-order valence-electron chi connectivity index (χ1n) is 5.78. The van der Waals surface area contributed by atoms with Gasteiger partial charge in [-0.2, -0.15) is 0 Å². The summed E-state index contributed by atoms with van der Waals surface area (Å²) in [5, 5.41) is 8.81. The van der Waals surface area contributed by atoms with Gasteiger partial charge in [0.05, 0.1) is 11.3 Å². The first-order chi connectivity index (χ1) is 8.53. The Kier molecular flexibility index (Phi) is 4.35. The van der Waals surface area contributed by atoms with Crippen LogP contribution in [0.4, 0.5) is 4.39 Å². The summed E-state index contributed by atoms with van der Waals surface area (Å²) < 4.78 is 37.7. The highest BCUT2D eigenvalue weighted by Crippen LogP contribution is 2.24. The molecule has 1 rings (SSSR count). The highest BCUT2D eigenvalue weighted by molar-refractivity contribution is 7.91. The number of carbonyl (C=O) groups is 1. The molecule has 106 valence electrons. The molecule has 0 amide bonds. The lowest BCUT2D eigenvalue weighted by Gasteiger charge is -2.17. The third-order valence-corrected chi connectivity index (χ3v) is 4.36. The largest absolute Gasteiger partial charge is 0.478 e. The lowest BCUT2D eigenvalue weighted by molar-refractivity contribution is 0.0696. The van der Waals surface area contributed by atoms with Gasteiger partial charge < -0.3 is 5.11 Å². The second kappa shape index (κ2) is 5.28. The van der Waals surface area contributed by atoms with Gasteiger partial charge in [-0.05, 0) is 30.0 Å². The molecular formula is C13H17FO4S. The Morgan fingerprint density at radius 1 is 1.32 bits per heavy atom. The molecule has 1 aromatic carbocycles. The second-order valence-corrected chi connectivity index (χ2v) is 7.66. The Morgan fingerprint density at radius 3 is 2.37 bits per heavy atom. The third kappa shape index (κ3) is 4.31. The molecular weight excluding hydrogens is 271 g/mol. The summed E-state index contributed by atoms with van der Waals surface area (Å²) in [7, 11) is -3.82. The number of hydrogen-bond donors (Lipinski definition) is 1. The van der Waals surface area contributed by atoms with Crippen LogP contribution in [0.2, 0.25) is 0 Å². The minimum atomic E-state index is -3.82. The second-order valence-electron chi connectivity index (χ2n) is 5.58. The zero-order valence-electron chi connectivity index (χ0n) is 11.1. The van der Waals surface area contributed by atoms with E-state index < -0.39 is 26.5 Å². The smallest absolute Gasteiger partial charge is 0.335 e. The van der Waals surface area contributed by atoms with Crippen molar-refractivity contribution < 1.29 is 22.7 Å². The first-order valence-corrected chi connectivity index (χ1v) is 7.44. The zero-order valence-corrected chi connectivity index (χ0v) is 11.9. The number of benzene rings is 1. The highest BCUT2D eigenvalue weighted by atomic mass is 32.2. The molecule has 19 heavy (non-hydrogen) atoms. The van der Waals surface area contributed by atoms with Crippen LogP contribution in [0.5, 0.6) is 0 Å². The Hall–Kier alpha value is -1.43. The molecule has 0 saturated carbocycles. The van der Waals surface area contributed by atoms with Crippen LogP contribution >= 0.6 is 0 Å². The number of rotatable bonds is 4. The summed E-state index contributed by atoms with van der Waals surface area (Å²) in [4.78, 5) is 10.2. The van der Waals surface area contributed by atoms with Crippen LogP contribution in [0.15, 0.2) is 23.1 Å². The van der Waals surface area contributed by atoms with Gasteiger partial charge in [0.25, 0.3) is 0 Å². The van der Waals surface area contributed by atoms with E-state index in [1.807, 2.05) is 20.8 Å². The average molecular weight is 288 g/mol. The van der Waals surface area contributed by atoms with Gasteiger partial charge in [-0.3, -0.25) is 0 Å². The maximum atomic E-state index is 13.6. The number of carboxylic acids is 1. The molecule has 6 heteroatoms. The third-order valence-electron chi connectivity index (χ3n) is 2.63. The fraction of sp³-hybridized carbons (Fsp3) is 0.462. The molecule has 0 saturated heterocycles. The van der Waals surface area contributed by atoms with Crippen LogP contribution in [0.3, 0.4) is 0 Å². The predicted molar refractivity (Wildman–Crippen MR) is 69.5 cm³/mol. The fourth-order valence-corrected chi connectivity index (χ4v) is 3.20. The van der Waals surface area contributed by atoms with Crippen molar-refractivity contribution >= 4 is 15.8 Å². The van der Waals surface area contributed by atoms with E-state index in [1.54, 1.807) is 0 Å². The number of sulfone groups is 1. The van der Waals surface area contributed by atoms with E-state index in [9.17, 15) is 17.6 Å². The van der Waals surface area contributed by atoms with Gasteiger partial charge in [-0.15, -0.1) is 0 Å². The summed E-state index contributed by atoms with van der Waals surface area (Å²) >= 11 is 0. The van der Waals surface area contributed by atoms with Gasteiger partial charge in [-0.25, -0.2) is 17.6 Å². The van der Waals surface area contributed by atoms with E-state index in [0.29, 0.717) is 6.42 Å². The van der Waals surface area contributed by atoms with Gasteiger partial charge in [0.2, 0.25) is 0 Å². The van der Waals surface area contributed by atoms with Crippen LogP contribution < -0.4 is 0 Å². The minimum Gasteiger partial charge on any atom is -0.478 e. The minimum absolute atomic E-state index is 0.200. The summed E-state index contributed by atoms with van der Waals surface area (Å²) in [6.45, 7) is 5.64. The summed E-state index contributed by atoms with van der Waals surface area (Å²) in [6, 6.07) is 2.78. The van der Waals surface area contributed by atoms with Gasteiger partial charge in [0.1, 0.15) is 10.7 Å². The normalized spacial score (nSPS) is 12.4. The van der Waals surface area contributed by atoms with Crippen LogP contribution in [0.25, 0.3) is 0 Å². The molecule has 0 atom stereocenters.